The maximum atomic E-state index is 11.6. The Kier molecular flexibility index (Phi) is 6.07. The summed E-state index contributed by atoms with van der Waals surface area (Å²) in [6, 6.07) is 2.82. The molecule has 0 bridgehead atoms. The van der Waals surface area contributed by atoms with Crippen molar-refractivity contribution in [3.05, 3.63) is 23.3 Å². The topological polar surface area (TPSA) is 77.5 Å². The standard InChI is InChI=1S/C13H19ClO5S2/c1-4-6-20(15,16)7-5-19-13-10(2)8-12(9-11(13)3)21(14,17)18/h8-9H,4-7H2,1-3H3. The summed E-state index contributed by atoms with van der Waals surface area (Å²) in [7, 11) is -1.59. The van der Waals surface area contributed by atoms with Gasteiger partial charge in [-0.15, -0.1) is 0 Å². The first-order valence-electron chi connectivity index (χ1n) is 6.46. The number of rotatable bonds is 7. The van der Waals surface area contributed by atoms with Gasteiger partial charge in [-0.1, -0.05) is 6.92 Å². The molecule has 0 saturated carbocycles. The van der Waals surface area contributed by atoms with E-state index >= 15 is 0 Å². The molecule has 120 valence electrons. The van der Waals surface area contributed by atoms with Crippen molar-refractivity contribution in [1.29, 1.82) is 0 Å². The minimum absolute atomic E-state index is 0.00474. The minimum atomic E-state index is -3.79. The first-order chi connectivity index (χ1) is 9.57. The number of ether oxygens (including phenoxy) is 1. The Morgan fingerprint density at radius 3 is 2.00 bits per heavy atom. The molecule has 0 saturated heterocycles. The van der Waals surface area contributed by atoms with Gasteiger partial charge in [-0.3, -0.25) is 0 Å². The molecule has 0 fully saturated rings. The van der Waals surface area contributed by atoms with E-state index in [0.717, 1.165) is 0 Å². The van der Waals surface area contributed by atoms with Gasteiger partial charge >= 0.3 is 0 Å². The van der Waals surface area contributed by atoms with Gasteiger partial charge in [0.05, 0.1) is 16.4 Å². The smallest absolute Gasteiger partial charge is 0.261 e. The van der Waals surface area contributed by atoms with E-state index in [1.54, 1.807) is 20.8 Å². The van der Waals surface area contributed by atoms with Gasteiger partial charge in [-0.25, -0.2) is 16.8 Å². The predicted octanol–water partition coefficient (Wildman–Crippen LogP) is 2.43. The summed E-state index contributed by atoms with van der Waals surface area (Å²) >= 11 is 0. The number of sulfone groups is 1. The van der Waals surface area contributed by atoms with Gasteiger partial charge < -0.3 is 4.74 Å². The van der Waals surface area contributed by atoms with Gasteiger partial charge in [-0.2, -0.15) is 0 Å². The SMILES string of the molecule is CCCS(=O)(=O)CCOc1c(C)cc(S(=O)(=O)Cl)cc1C. The van der Waals surface area contributed by atoms with Gasteiger partial charge in [0.2, 0.25) is 0 Å². The summed E-state index contributed by atoms with van der Waals surface area (Å²) in [5.41, 5.74) is 1.20. The molecule has 0 atom stereocenters. The number of halogens is 1. The Bertz CT molecular complexity index is 685. The molecule has 0 aliphatic carbocycles. The number of aryl methyl sites for hydroxylation is 2. The van der Waals surface area contributed by atoms with E-state index in [0.29, 0.717) is 23.3 Å². The average molecular weight is 355 g/mol. The summed E-state index contributed by atoms with van der Waals surface area (Å²) < 4.78 is 51.3. The van der Waals surface area contributed by atoms with Gasteiger partial charge in [0.15, 0.2) is 9.84 Å². The van der Waals surface area contributed by atoms with E-state index in [1.807, 2.05) is 0 Å². The monoisotopic (exact) mass is 354 g/mol. The molecule has 0 heterocycles. The van der Waals surface area contributed by atoms with Crippen molar-refractivity contribution < 1.29 is 21.6 Å². The fraction of sp³-hybridized carbons (Fsp3) is 0.538. The van der Waals surface area contributed by atoms with Crippen molar-refractivity contribution >= 4 is 29.6 Å². The van der Waals surface area contributed by atoms with Crippen molar-refractivity contribution in [3.8, 4) is 5.75 Å². The lowest BCUT2D eigenvalue weighted by Crippen LogP contribution is -2.17. The van der Waals surface area contributed by atoms with Crippen LogP contribution in [0.3, 0.4) is 0 Å². The Balaban J connectivity index is 2.87. The van der Waals surface area contributed by atoms with E-state index in [4.69, 9.17) is 15.4 Å². The summed E-state index contributed by atoms with van der Waals surface area (Å²) in [4.78, 5) is 0.00474. The molecule has 8 heteroatoms. The van der Waals surface area contributed by atoms with Crippen LogP contribution >= 0.6 is 10.7 Å². The molecule has 0 aliphatic rings. The Morgan fingerprint density at radius 1 is 1.05 bits per heavy atom. The molecule has 1 aromatic rings. The summed E-state index contributed by atoms with van der Waals surface area (Å²) in [6.07, 6.45) is 0.572. The zero-order valence-corrected chi connectivity index (χ0v) is 14.6. The molecule has 0 radical (unpaired) electrons. The van der Waals surface area contributed by atoms with E-state index in [1.165, 1.54) is 12.1 Å². The maximum Gasteiger partial charge on any atom is 0.261 e. The number of benzene rings is 1. The van der Waals surface area contributed by atoms with E-state index in [-0.39, 0.29) is 23.0 Å². The van der Waals surface area contributed by atoms with Crippen LogP contribution in [0.25, 0.3) is 0 Å². The van der Waals surface area contributed by atoms with E-state index in [9.17, 15) is 16.8 Å². The lowest BCUT2D eigenvalue weighted by molar-refractivity contribution is 0.336. The van der Waals surface area contributed by atoms with E-state index < -0.39 is 18.9 Å². The van der Waals surface area contributed by atoms with Crippen molar-refractivity contribution in [2.24, 2.45) is 0 Å². The first kappa shape index (κ1) is 18.3. The predicted molar refractivity (Wildman–Crippen MR) is 83.4 cm³/mol. The summed E-state index contributed by atoms with van der Waals surface area (Å²) in [5.74, 6) is 0.568. The third kappa shape index (κ3) is 5.48. The Labute approximate surface area is 130 Å². The van der Waals surface area contributed by atoms with Crippen molar-refractivity contribution in [3.63, 3.8) is 0 Å². The van der Waals surface area contributed by atoms with Gasteiger partial charge in [0, 0.05) is 10.7 Å². The van der Waals surface area contributed by atoms with Crippen LogP contribution in [-0.2, 0) is 18.9 Å². The van der Waals surface area contributed by atoms with Crippen LogP contribution in [0.2, 0.25) is 0 Å². The zero-order valence-electron chi connectivity index (χ0n) is 12.2. The zero-order chi connectivity index (χ0) is 16.3. The van der Waals surface area contributed by atoms with Gasteiger partial charge in [0.1, 0.15) is 12.4 Å². The van der Waals surface area contributed by atoms with Crippen molar-refractivity contribution in [1.82, 2.24) is 0 Å². The number of hydrogen-bond donors (Lipinski definition) is 0. The van der Waals surface area contributed by atoms with Crippen LogP contribution in [0.1, 0.15) is 24.5 Å². The average Bonchev–Trinajstić information content (AvgIpc) is 2.31. The van der Waals surface area contributed by atoms with E-state index in [2.05, 4.69) is 0 Å². The van der Waals surface area contributed by atoms with Crippen LogP contribution in [0.15, 0.2) is 17.0 Å². The second-order valence-corrected chi connectivity index (χ2v) is 9.69. The fourth-order valence-electron chi connectivity index (χ4n) is 1.96. The van der Waals surface area contributed by atoms with Crippen molar-refractivity contribution in [2.45, 2.75) is 32.1 Å². The molecule has 0 unspecified atom stereocenters. The third-order valence-corrected chi connectivity index (χ3v) is 6.02. The van der Waals surface area contributed by atoms with Crippen LogP contribution in [-0.4, -0.2) is 34.9 Å². The normalized spacial score (nSPS) is 12.4. The third-order valence-electron chi connectivity index (χ3n) is 2.87. The molecule has 0 N–H and O–H groups in total. The van der Waals surface area contributed by atoms with Crippen LogP contribution < -0.4 is 4.74 Å². The van der Waals surface area contributed by atoms with Crippen LogP contribution in [0.4, 0.5) is 0 Å². The highest BCUT2D eigenvalue weighted by Gasteiger charge is 2.16. The fourth-order valence-corrected chi connectivity index (χ4v) is 4.03. The minimum Gasteiger partial charge on any atom is -0.492 e. The lowest BCUT2D eigenvalue weighted by atomic mass is 10.1. The molecule has 0 aliphatic heterocycles. The first-order valence-corrected chi connectivity index (χ1v) is 10.6. The quantitative estimate of drug-likeness (QED) is 0.703. The second-order valence-electron chi connectivity index (χ2n) is 4.82. The highest BCUT2D eigenvalue weighted by atomic mass is 35.7. The molecule has 0 spiro atoms. The molecule has 0 amide bonds. The largest absolute Gasteiger partial charge is 0.492 e. The molecule has 21 heavy (non-hydrogen) atoms. The lowest BCUT2D eigenvalue weighted by Gasteiger charge is -2.13. The summed E-state index contributed by atoms with van der Waals surface area (Å²) in [5, 5.41) is 0. The molecular weight excluding hydrogens is 336 g/mol. The van der Waals surface area contributed by atoms with Gasteiger partial charge in [-0.05, 0) is 43.5 Å². The highest BCUT2D eigenvalue weighted by Crippen LogP contribution is 2.28. The molecule has 5 nitrogen and oxygen atoms in total. The molecule has 1 rings (SSSR count). The molecular formula is C13H19ClO5S2. The van der Waals surface area contributed by atoms with Crippen LogP contribution in [0, 0.1) is 13.8 Å². The molecule has 0 aromatic heterocycles. The second kappa shape index (κ2) is 6.98. The molecule has 1 aromatic carbocycles. The van der Waals surface area contributed by atoms with Crippen molar-refractivity contribution in [2.75, 3.05) is 18.1 Å². The number of hydrogen-bond acceptors (Lipinski definition) is 5. The Morgan fingerprint density at radius 2 is 1.57 bits per heavy atom. The Hall–Kier alpha value is -0.790. The van der Waals surface area contributed by atoms with Crippen LogP contribution in [0.5, 0.6) is 5.75 Å². The highest BCUT2D eigenvalue weighted by molar-refractivity contribution is 8.13. The summed E-state index contributed by atoms with van der Waals surface area (Å²) in [6.45, 7) is 5.22. The maximum absolute atomic E-state index is 11.6. The van der Waals surface area contributed by atoms with Gasteiger partial charge in [0.25, 0.3) is 9.05 Å².